The molecule has 0 saturated carbocycles. The Bertz CT molecular complexity index is 724. The van der Waals surface area contributed by atoms with Crippen molar-refractivity contribution in [1.82, 2.24) is 9.21 Å². The van der Waals surface area contributed by atoms with E-state index in [2.05, 4.69) is 0 Å². The average molecular weight is 354 g/mol. The summed E-state index contributed by atoms with van der Waals surface area (Å²) in [7, 11) is -3.52. The van der Waals surface area contributed by atoms with Gasteiger partial charge < -0.3 is 0 Å². The Hall–Kier alpha value is -1.38. The number of benzene rings is 1. The Morgan fingerprint density at radius 1 is 1.17 bits per heavy atom. The fourth-order valence-electron chi connectivity index (χ4n) is 2.98. The highest BCUT2D eigenvalue weighted by Gasteiger charge is 2.39. The molecular weight excluding hydrogens is 336 g/mol. The quantitative estimate of drug-likeness (QED) is 0.828. The molecule has 0 bridgehead atoms. The normalized spacial score (nSPS) is 21.2. The van der Waals surface area contributed by atoms with E-state index in [4.69, 9.17) is 0 Å². The molecule has 0 radical (unpaired) electrons. The minimum atomic E-state index is -3.52. The van der Waals surface area contributed by atoms with Gasteiger partial charge >= 0.3 is 0 Å². The maximum atomic E-state index is 12.7. The van der Waals surface area contributed by atoms with Gasteiger partial charge in [-0.25, -0.2) is 8.42 Å². The molecule has 2 aliphatic heterocycles. The molecule has 0 N–H and O–H groups in total. The number of hydrogen-bond acceptors (Lipinski definition) is 5. The van der Waals surface area contributed by atoms with Crippen LogP contribution in [-0.4, -0.2) is 53.7 Å². The predicted molar refractivity (Wildman–Crippen MR) is 87.7 cm³/mol. The van der Waals surface area contributed by atoms with Crippen LogP contribution < -0.4 is 0 Å². The minimum Gasteiger partial charge on any atom is -0.273 e. The Kier molecular flexibility index (Phi) is 4.48. The summed E-state index contributed by atoms with van der Waals surface area (Å²) in [6.07, 6.45) is 0.978. The second-order valence-electron chi connectivity index (χ2n) is 5.77. The molecule has 2 aliphatic rings. The van der Waals surface area contributed by atoms with Crippen molar-refractivity contribution in [3.05, 3.63) is 29.8 Å². The number of aryl methyl sites for hydroxylation is 1. The maximum Gasteiger partial charge on any atom is 0.289 e. The summed E-state index contributed by atoms with van der Waals surface area (Å²) in [5.74, 6) is 0.0284. The number of imide groups is 1. The molecule has 6 nitrogen and oxygen atoms in total. The Morgan fingerprint density at radius 3 is 2.43 bits per heavy atom. The molecule has 2 amide bonds. The zero-order valence-electron chi connectivity index (χ0n) is 12.8. The summed E-state index contributed by atoms with van der Waals surface area (Å²) in [6, 6.07) is 6.65. The second kappa shape index (κ2) is 6.26. The van der Waals surface area contributed by atoms with Crippen LogP contribution in [0, 0.1) is 6.92 Å². The third-order valence-corrected chi connectivity index (χ3v) is 6.93. The molecule has 124 valence electrons. The first-order valence-electron chi connectivity index (χ1n) is 7.45. The zero-order chi connectivity index (χ0) is 16.6. The molecule has 2 fully saturated rings. The first kappa shape index (κ1) is 16.5. The van der Waals surface area contributed by atoms with Gasteiger partial charge in [0.2, 0.25) is 15.9 Å². The zero-order valence-corrected chi connectivity index (χ0v) is 14.4. The van der Waals surface area contributed by atoms with E-state index in [0.29, 0.717) is 30.8 Å². The van der Waals surface area contributed by atoms with Gasteiger partial charge in [-0.1, -0.05) is 23.9 Å². The fraction of sp³-hybridized carbons (Fsp3) is 0.467. The molecule has 0 aromatic heterocycles. The van der Waals surface area contributed by atoms with Crippen LogP contribution in [0.1, 0.15) is 18.4 Å². The van der Waals surface area contributed by atoms with Crippen LogP contribution in [0.5, 0.6) is 0 Å². The molecule has 3 rings (SSSR count). The summed E-state index contributed by atoms with van der Waals surface area (Å²) < 4.78 is 26.8. The van der Waals surface area contributed by atoms with E-state index in [-0.39, 0.29) is 22.9 Å². The maximum absolute atomic E-state index is 12.7. The highest BCUT2D eigenvalue weighted by atomic mass is 32.2. The summed E-state index contributed by atoms with van der Waals surface area (Å²) in [4.78, 5) is 25.1. The molecule has 23 heavy (non-hydrogen) atoms. The number of carbonyl (C=O) groups excluding carboxylic acids is 2. The van der Waals surface area contributed by atoms with Crippen molar-refractivity contribution in [2.45, 2.75) is 30.7 Å². The van der Waals surface area contributed by atoms with E-state index in [1.807, 2.05) is 13.0 Å². The smallest absolute Gasteiger partial charge is 0.273 e. The second-order valence-corrected chi connectivity index (χ2v) is 8.63. The molecule has 0 spiro atoms. The van der Waals surface area contributed by atoms with E-state index in [1.165, 1.54) is 9.21 Å². The molecule has 0 atom stereocenters. The SMILES string of the molecule is Cc1cccc(S(=O)(=O)N2CCC(N3C(=O)CSC3=O)CC2)c1. The third-order valence-electron chi connectivity index (χ3n) is 4.20. The molecule has 0 aliphatic carbocycles. The van der Waals surface area contributed by atoms with E-state index >= 15 is 0 Å². The van der Waals surface area contributed by atoms with Gasteiger partial charge in [0.1, 0.15) is 0 Å². The number of thioether (sulfide) groups is 1. The molecule has 2 saturated heterocycles. The van der Waals surface area contributed by atoms with E-state index in [9.17, 15) is 18.0 Å². The number of sulfonamides is 1. The van der Waals surface area contributed by atoms with Gasteiger partial charge in [-0.2, -0.15) is 4.31 Å². The summed E-state index contributed by atoms with van der Waals surface area (Å²) in [5.41, 5.74) is 0.895. The van der Waals surface area contributed by atoms with Crippen LogP contribution in [-0.2, 0) is 14.8 Å². The predicted octanol–water partition coefficient (Wildman–Crippen LogP) is 1.84. The van der Waals surface area contributed by atoms with Crippen LogP contribution in [0.3, 0.4) is 0 Å². The highest BCUT2D eigenvalue weighted by molar-refractivity contribution is 8.14. The highest BCUT2D eigenvalue weighted by Crippen LogP contribution is 2.28. The molecule has 1 aromatic carbocycles. The van der Waals surface area contributed by atoms with Crippen LogP contribution in [0.2, 0.25) is 0 Å². The van der Waals surface area contributed by atoms with Crippen molar-refractivity contribution in [2.24, 2.45) is 0 Å². The van der Waals surface area contributed by atoms with Crippen molar-refractivity contribution in [3.63, 3.8) is 0 Å². The van der Waals surface area contributed by atoms with Crippen molar-refractivity contribution in [2.75, 3.05) is 18.8 Å². The summed E-state index contributed by atoms with van der Waals surface area (Å²) >= 11 is 1.02. The Morgan fingerprint density at radius 2 is 1.87 bits per heavy atom. The third kappa shape index (κ3) is 3.15. The van der Waals surface area contributed by atoms with Crippen molar-refractivity contribution in [1.29, 1.82) is 0 Å². The van der Waals surface area contributed by atoms with E-state index < -0.39 is 10.0 Å². The van der Waals surface area contributed by atoms with Gasteiger partial charge in [0.15, 0.2) is 0 Å². The van der Waals surface area contributed by atoms with Gasteiger partial charge in [0.05, 0.1) is 10.6 Å². The largest absolute Gasteiger partial charge is 0.289 e. The van der Waals surface area contributed by atoms with Gasteiger partial charge in [0, 0.05) is 19.1 Å². The van der Waals surface area contributed by atoms with Crippen molar-refractivity contribution >= 4 is 32.9 Å². The molecular formula is C15H18N2O4S2. The first-order chi connectivity index (χ1) is 10.9. The summed E-state index contributed by atoms with van der Waals surface area (Å²) in [6.45, 7) is 2.50. The van der Waals surface area contributed by atoms with E-state index in [0.717, 1.165) is 17.3 Å². The fourth-order valence-corrected chi connectivity index (χ4v) is 5.33. The average Bonchev–Trinajstić information content (AvgIpc) is 2.86. The van der Waals surface area contributed by atoms with E-state index in [1.54, 1.807) is 18.2 Å². The first-order valence-corrected chi connectivity index (χ1v) is 9.88. The number of carbonyl (C=O) groups is 2. The number of amides is 2. The lowest BCUT2D eigenvalue weighted by molar-refractivity contribution is -0.126. The minimum absolute atomic E-state index is 0.167. The number of hydrogen-bond donors (Lipinski definition) is 0. The van der Waals surface area contributed by atoms with Gasteiger partial charge in [0.25, 0.3) is 5.24 Å². The lowest BCUT2D eigenvalue weighted by Crippen LogP contribution is -2.48. The summed E-state index contributed by atoms with van der Waals surface area (Å²) in [5, 5.41) is -0.213. The Balaban J connectivity index is 1.71. The number of rotatable bonds is 3. The topological polar surface area (TPSA) is 74.8 Å². The van der Waals surface area contributed by atoms with Gasteiger partial charge in [-0.05, 0) is 37.5 Å². The molecule has 0 unspecified atom stereocenters. The lowest BCUT2D eigenvalue weighted by atomic mass is 10.1. The number of nitrogens with zero attached hydrogens (tertiary/aromatic N) is 2. The van der Waals surface area contributed by atoms with Crippen molar-refractivity contribution < 1.29 is 18.0 Å². The van der Waals surface area contributed by atoms with Crippen molar-refractivity contribution in [3.8, 4) is 0 Å². The monoisotopic (exact) mass is 354 g/mol. The van der Waals surface area contributed by atoms with Crippen LogP contribution in [0.15, 0.2) is 29.2 Å². The Labute approximate surface area is 139 Å². The van der Waals surface area contributed by atoms with Crippen LogP contribution in [0.4, 0.5) is 4.79 Å². The molecule has 2 heterocycles. The van der Waals surface area contributed by atoms with Crippen LogP contribution >= 0.6 is 11.8 Å². The lowest BCUT2D eigenvalue weighted by Gasteiger charge is -2.34. The van der Waals surface area contributed by atoms with Crippen LogP contribution in [0.25, 0.3) is 0 Å². The standard InChI is InChI=1S/C15H18N2O4S2/c1-11-3-2-4-13(9-11)23(20,21)16-7-5-12(6-8-16)17-14(18)10-22-15(17)19/h2-4,9,12H,5-8,10H2,1H3. The molecule has 8 heteroatoms. The van der Waals surface area contributed by atoms with Gasteiger partial charge in [-0.3, -0.25) is 14.5 Å². The molecule has 1 aromatic rings. The number of piperidine rings is 1. The van der Waals surface area contributed by atoms with Gasteiger partial charge in [-0.15, -0.1) is 0 Å².